The van der Waals surface area contributed by atoms with Gasteiger partial charge in [-0.25, -0.2) is 0 Å². The van der Waals surface area contributed by atoms with Gasteiger partial charge in [-0.3, -0.25) is 4.79 Å². The summed E-state index contributed by atoms with van der Waals surface area (Å²) in [5.41, 5.74) is 0. The maximum atomic E-state index is 11.8. The van der Waals surface area contributed by atoms with Crippen molar-refractivity contribution >= 4 is 5.97 Å². The Bertz CT molecular complexity index is 271. The highest BCUT2D eigenvalue weighted by Gasteiger charge is 2.26. The van der Waals surface area contributed by atoms with E-state index in [-0.39, 0.29) is 12.0 Å². The van der Waals surface area contributed by atoms with Crippen LogP contribution in [0.5, 0.6) is 0 Å². The number of rotatable bonds is 7. The molecule has 4 nitrogen and oxygen atoms in total. The van der Waals surface area contributed by atoms with Crippen molar-refractivity contribution in [1.29, 1.82) is 0 Å². The molecule has 1 heterocycles. The van der Waals surface area contributed by atoms with E-state index in [1.807, 2.05) is 13.8 Å². The quantitative estimate of drug-likeness (QED) is 0.719. The Kier molecular flexibility index (Phi) is 7.39. The number of carbonyl (C=O) groups is 1. The van der Waals surface area contributed by atoms with E-state index in [4.69, 9.17) is 4.74 Å². The molecule has 1 saturated heterocycles. The lowest BCUT2D eigenvalue weighted by atomic mass is 9.92. The predicted molar refractivity (Wildman–Crippen MR) is 78.1 cm³/mol. The molecule has 0 aromatic rings. The molecular weight excluding hydrogens is 240 g/mol. The van der Waals surface area contributed by atoms with Gasteiger partial charge < -0.3 is 15.0 Å². The molecule has 1 aliphatic rings. The zero-order valence-corrected chi connectivity index (χ0v) is 12.9. The van der Waals surface area contributed by atoms with Gasteiger partial charge in [-0.2, -0.15) is 0 Å². The molecule has 0 aromatic carbocycles. The number of piperidine rings is 1. The van der Waals surface area contributed by atoms with Gasteiger partial charge in [-0.05, 0) is 52.1 Å². The van der Waals surface area contributed by atoms with Crippen LogP contribution in [0, 0.1) is 5.92 Å². The molecule has 3 unspecified atom stereocenters. The van der Waals surface area contributed by atoms with Crippen molar-refractivity contribution in [3.8, 4) is 0 Å². The molecule has 0 amide bonds. The highest BCUT2D eigenvalue weighted by molar-refractivity contribution is 5.75. The van der Waals surface area contributed by atoms with Crippen LogP contribution in [0.3, 0.4) is 0 Å². The zero-order valence-electron chi connectivity index (χ0n) is 12.9. The fourth-order valence-corrected chi connectivity index (χ4v) is 2.82. The summed E-state index contributed by atoms with van der Waals surface area (Å²) in [6, 6.07) is 0.465. The van der Waals surface area contributed by atoms with Gasteiger partial charge in [0.1, 0.15) is 6.04 Å². The Morgan fingerprint density at radius 2 is 2.16 bits per heavy atom. The summed E-state index contributed by atoms with van der Waals surface area (Å²) >= 11 is 0. The van der Waals surface area contributed by atoms with Crippen LogP contribution in [0.25, 0.3) is 0 Å². The first-order valence-corrected chi connectivity index (χ1v) is 7.74. The fraction of sp³-hybridized carbons (Fsp3) is 0.933. The van der Waals surface area contributed by atoms with Crippen molar-refractivity contribution < 1.29 is 9.53 Å². The van der Waals surface area contributed by atoms with E-state index < -0.39 is 0 Å². The summed E-state index contributed by atoms with van der Waals surface area (Å²) in [6.45, 7) is 11.9. The van der Waals surface area contributed by atoms with E-state index in [1.54, 1.807) is 0 Å². The SMILES string of the molecule is CCNC(CCN1CCCC(C)C1C)C(=O)OCC. The number of hydrogen-bond acceptors (Lipinski definition) is 4. The van der Waals surface area contributed by atoms with E-state index in [2.05, 4.69) is 24.1 Å². The lowest BCUT2D eigenvalue weighted by Crippen LogP contribution is -2.46. The van der Waals surface area contributed by atoms with Crippen LogP contribution in [0.2, 0.25) is 0 Å². The van der Waals surface area contributed by atoms with Gasteiger partial charge in [0.15, 0.2) is 0 Å². The molecule has 0 saturated carbocycles. The van der Waals surface area contributed by atoms with Gasteiger partial charge in [0.25, 0.3) is 0 Å². The first-order chi connectivity index (χ1) is 9.10. The van der Waals surface area contributed by atoms with Crippen molar-refractivity contribution in [1.82, 2.24) is 10.2 Å². The van der Waals surface area contributed by atoms with Gasteiger partial charge >= 0.3 is 5.97 Å². The molecule has 1 rings (SSSR count). The Morgan fingerprint density at radius 3 is 2.79 bits per heavy atom. The Morgan fingerprint density at radius 1 is 1.42 bits per heavy atom. The lowest BCUT2D eigenvalue weighted by Gasteiger charge is -2.38. The molecule has 1 N–H and O–H groups in total. The van der Waals surface area contributed by atoms with Crippen LogP contribution in [-0.2, 0) is 9.53 Å². The third kappa shape index (κ3) is 5.11. The number of nitrogens with one attached hydrogen (secondary N) is 1. The van der Waals surface area contributed by atoms with Gasteiger partial charge in [0.2, 0.25) is 0 Å². The summed E-state index contributed by atoms with van der Waals surface area (Å²) < 4.78 is 5.12. The first kappa shape index (κ1) is 16.4. The van der Waals surface area contributed by atoms with E-state index >= 15 is 0 Å². The Labute approximate surface area is 117 Å². The number of likely N-dealkylation sites (N-methyl/N-ethyl adjacent to an activating group) is 1. The second-order valence-corrected chi connectivity index (χ2v) is 5.55. The molecule has 1 fully saturated rings. The number of nitrogens with zero attached hydrogens (tertiary/aromatic N) is 1. The smallest absolute Gasteiger partial charge is 0.323 e. The summed E-state index contributed by atoms with van der Waals surface area (Å²) in [4.78, 5) is 14.4. The minimum Gasteiger partial charge on any atom is -0.465 e. The first-order valence-electron chi connectivity index (χ1n) is 7.74. The maximum Gasteiger partial charge on any atom is 0.323 e. The molecule has 0 aliphatic carbocycles. The summed E-state index contributed by atoms with van der Waals surface area (Å²) in [5, 5.41) is 3.23. The van der Waals surface area contributed by atoms with Crippen LogP contribution in [0.4, 0.5) is 0 Å². The van der Waals surface area contributed by atoms with Gasteiger partial charge in [0, 0.05) is 12.6 Å². The van der Waals surface area contributed by atoms with Crippen LogP contribution < -0.4 is 5.32 Å². The monoisotopic (exact) mass is 270 g/mol. The van der Waals surface area contributed by atoms with Gasteiger partial charge in [-0.1, -0.05) is 13.8 Å². The molecule has 0 aromatic heterocycles. The summed E-state index contributed by atoms with van der Waals surface area (Å²) in [7, 11) is 0. The zero-order chi connectivity index (χ0) is 14.3. The summed E-state index contributed by atoms with van der Waals surface area (Å²) in [6.07, 6.45) is 3.44. The van der Waals surface area contributed by atoms with Crippen LogP contribution in [0.1, 0.15) is 47.0 Å². The second-order valence-electron chi connectivity index (χ2n) is 5.55. The third-order valence-electron chi connectivity index (χ3n) is 4.23. The van der Waals surface area contributed by atoms with E-state index in [0.29, 0.717) is 12.6 Å². The molecule has 112 valence electrons. The number of carbonyl (C=O) groups excluding carboxylic acids is 1. The molecule has 19 heavy (non-hydrogen) atoms. The molecular formula is C15H30N2O2. The highest BCUT2D eigenvalue weighted by Crippen LogP contribution is 2.22. The van der Waals surface area contributed by atoms with Crippen molar-refractivity contribution in [2.45, 2.75) is 59.0 Å². The normalized spacial score (nSPS) is 26.1. The maximum absolute atomic E-state index is 11.8. The number of esters is 1. The average Bonchev–Trinajstić information content (AvgIpc) is 2.39. The minimum absolute atomic E-state index is 0.109. The Balaban J connectivity index is 2.44. The fourth-order valence-electron chi connectivity index (χ4n) is 2.82. The van der Waals surface area contributed by atoms with E-state index in [1.165, 1.54) is 12.8 Å². The number of hydrogen-bond donors (Lipinski definition) is 1. The van der Waals surface area contributed by atoms with Crippen molar-refractivity contribution in [2.75, 3.05) is 26.2 Å². The molecule has 0 bridgehead atoms. The highest BCUT2D eigenvalue weighted by atomic mass is 16.5. The van der Waals surface area contributed by atoms with Crippen molar-refractivity contribution in [2.24, 2.45) is 5.92 Å². The standard InChI is InChI=1S/C15H30N2O2/c1-5-16-14(15(18)19-6-2)9-11-17-10-7-8-12(3)13(17)4/h12-14,16H,5-11H2,1-4H3. The molecule has 0 radical (unpaired) electrons. The average molecular weight is 270 g/mol. The summed E-state index contributed by atoms with van der Waals surface area (Å²) in [5.74, 6) is 0.649. The largest absolute Gasteiger partial charge is 0.465 e. The molecule has 3 atom stereocenters. The molecule has 4 heteroatoms. The van der Waals surface area contributed by atoms with Crippen LogP contribution in [0.15, 0.2) is 0 Å². The van der Waals surface area contributed by atoms with Crippen molar-refractivity contribution in [3.05, 3.63) is 0 Å². The van der Waals surface area contributed by atoms with Crippen molar-refractivity contribution in [3.63, 3.8) is 0 Å². The van der Waals surface area contributed by atoms with Gasteiger partial charge in [0.05, 0.1) is 6.61 Å². The topological polar surface area (TPSA) is 41.6 Å². The second kappa shape index (κ2) is 8.54. The molecule has 0 spiro atoms. The Hall–Kier alpha value is -0.610. The van der Waals surface area contributed by atoms with Crippen LogP contribution >= 0.6 is 0 Å². The third-order valence-corrected chi connectivity index (χ3v) is 4.23. The number of likely N-dealkylation sites (tertiary alicyclic amines) is 1. The van der Waals surface area contributed by atoms with Crippen LogP contribution in [-0.4, -0.2) is 49.2 Å². The minimum atomic E-state index is -0.158. The predicted octanol–water partition coefficient (Wildman–Crippen LogP) is 2.04. The number of ether oxygens (including phenoxy) is 1. The van der Waals surface area contributed by atoms with Gasteiger partial charge in [-0.15, -0.1) is 0 Å². The van der Waals surface area contributed by atoms with E-state index in [0.717, 1.165) is 32.0 Å². The molecule has 1 aliphatic heterocycles. The lowest BCUT2D eigenvalue weighted by molar-refractivity contribution is -0.146. The van der Waals surface area contributed by atoms with E-state index in [9.17, 15) is 4.79 Å².